The van der Waals surface area contributed by atoms with E-state index in [4.69, 9.17) is 5.11 Å². The molecule has 0 atom stereocenters. The molecule has 0 aliphatic carbocycles. The fourth-order valence-electron chi connectivity index (χ4n) is 2.47. The number of aromatic nitrogens is 2. The van der Waals surface area contributed by atoms with Crippen LogP contribution in [0.1, 0.15) is 23.3 Å². The maximum atomic E-state index is 10.9. The third-order valence-corrected chi connectivity index (χ3v) is 3.40. The second-order valence-corrected chi connectivity index (χ2v) is 5.26. The van der Waals surface area contributed by atoms with Crippen LogP contribution in [0.5, 0.6) is 0 Å². The van der Waals surface area contributed by atoms with Crippen LogP contribution in [0.25, 0.3) is 0 Å². The maximum Gasteiger partial charge on any atom is 0.356 e. The molecule has 0 radical (unpaired) electrons. The number of aromatic carboxylic acids is 1. The quantitative estimate of drug-likeness (QED) is 0.873. The zero-order valence-corrected chi connectivity index (χ0v) is 11.4. The zero-order chi connectivity index (χ0) is 13.8. The number of rotatable bonds is 4. The fraction of sp³-hybridized carbons (Fsp3) is 0.615. The molecule has 19 heavy (non-hydrogen) atoms. The van der Waals surface area contributed by atoms with Gasteiger partial charge in [-0.3, -0.25) is 4.98 Å². The van der Waals surface area contributed by atoms with Crippen molar-refractivity contribution in [3.8, 4) is 0 Å². The van der Waals surface area contributed by atoms with E-state index in [-0.39, 0.29) is 5.69 Å². The van der Waals surface area contributed by atoms with Gasteiger partial charge in [0.25, 0.3) is 0 Å². The Balaban J connectivity index is 1.97. The molecular formula is C13H20N4O2. The molecule has 0 bridgehead atoms. The monoisotopic (exact) mass is 264 g/mol. The molecule has 0 spiro atoms. The highest BCUT2D eigenvalue weighted by Gasteiger charge is 2.21. The second-order valence-electron chi connectivity index (χ2n) is 5.26. The summed E-state index contributed by atoms with van der Waals surface area (Å²) in [6.45, 7) is 2.93. The summed E-state index contributed by atoms with van der Waals surface area (Å²) < 4.78 is 0. The predicted octanol–water partition coefficient (Wildman–Crippen LogP) is 0.953. The van der Waals surface area contributed by atoms with Gasteiger partial charge in [0, 0.05) is 19.6 Å². The highest BCUT2D eigenvalue weighted by atomic mass is 16.4. The van der Waals surface area contributed by atoms with Gasteiger partial charge in [-0.05, 0) is 32.9 Å². The lowest BCUT2D eigenvalue weighted by Gasteiger charge is -2.33. The summed E-state index contributed by atoms with van der Waals surface area (Å²) in [4.78, 5) is 23.3. The summed E-state index contributed by atoms with van der Waals surface area (Å²) in [5.74, 6) is 0.349. The van der Waals surface area contributed by atoms with Crippen molar-refractivity contribution >= 4 is 11.8 Å². The smallest absolute Gasteiger partial charge is 0.356 e. The van der Waals surface area contributed by atoms with Crippen molar-refractivity contribution in [3.63, 3.8) is 0 Å². The molecule has 0 unspecified atom stereocenters. The van der Waals surface area contributed by atoms with Gasteiger partial charge in [-0.2, -0.15) is 0 Å². The Hall–Kier alpha value is -1.69. The zero-order valence-electron chi connectivity index (χ0n) is 11.4. The van der Waals surface area contributed by atoms with E-state index < -0.39 is 5.97 Å². The first-order chi connectivity index (χ1) is 9.06. The number of carboxylic acids is 1. The molecule has 1 aromatic heterocycles. The van der Waals surface area contributed by atoms with Gasteiger partial charge >= 0.3 is 5.97 Å². The molecule has 1 saturated heterocycles. The molecule has 1 aliphatic rings. The summed E-state index contributed by atoms with van der Waals surface area (Å²) >= 11 is 0. The minimum absolute atomic E-state index is 0.00733. The molecule has 6 nitrogen and oxygen atoms in total. The molecular weight excluding hydrogens is 244 g/mol. The summed E-state index contributed by atoms with van der Waals surface area (Å²) in [5, 5.41) is 8.92. The largest absolute Gasteiger partial charge is 0.476 e. The van der Waals surface area contributed by atoms with Crippen molar-refractivity contribution in [3.05, 3.63) is 18.1 Å². The van der Waals surface area contributed by atoms with Crippen LogP contribution in [0.4, 0.5) is 5.82 Å². The molecule has 0 aromatic carbocycles. The Labute approximate surface area is 113 Å². The predicted molar refractivity (Wildman–Crippen MR) is 72.5 cm³/mol. The van der Waals surface area contributed by atoms with E-state index in [0.29, 0.717) is 11.7 Å². The van der Waals surface area contributed by atoms with Crippen molar-refractivity contribution < 1.29 is 9.90 Å². The Kier molecular flexibility index (Phi) is 4.31. The Morgan fingerprint density at radius 3 is 2.68 bits per heavy atom. The van der Waals surface area contributed by atoms with Crippen molar-refractivity contribution in [2.75, 3.05) is 38.6 Å². The van der Waals surface area contributed by atoms with Crippen molar-refractivity contribution in [1.82, 2.24) is 14.9 Å². The lowest BCUT2D eigenvalue weighted by Crippen LogP contribution is -2.37. The van der Waals surface area contributed by atoms with Gasteiger partial charge in [0.2, 0.25) is 0 Å². The van der Waals surface area contributed by atoms with Crippen molar-refractivity contribution in [1.29, 1.82) is 0 Å². The first-order valence-corrected chi connectivity index (χ1v) is 6.51. The number of nitrogens with zero attached hydrogens (tertiary/aromatic N) is 4. The number of piperidine rings is 1. The van der Waals surface area contributed by atoms with E-state index in [1.165, 1.54) is 6.20 Å². The van der Waals surface area contributed by atoms with Gasteiger partial charge in [0.1, 0.15) is 5.82 Å². The third kappa shape index (κ3) is 3.64. The van der Waals surface area contributed by atoms with E-state index in [2.05, 4.69) is 33.9 Å². The molecule has 0 saturated carbocycles. The number of carbonyl (C=O) groups is 1. The lowest BCUT2D eigenvalue weighted by molar-refractivity contribution is 0.0690. The standard InChI is InChI=1S/C13H20N4O2/c1-16(2)9-10-3-5-17(6-4-10)12-8-14-7-11(15-12)13(18)19/h7-8,10H,3-6,9H2,1-2H3,(H,18,19). The molecule has 1 aromatic rings. The highest BCUT2D eigenvalue weighted by Crippen LogP contribution is 2.21. The van der Waals surface area contributed by atoms with Crippen LogP contribution < -0.4 is 4.90 Å². The topological polar surface area (TPSA) is 69.6 Å². The highest BCUT2D eigenvalue weighted by molar-refractivity contribution is 5.85. The van der Waals surface area contributed by atoms with E-state index in [9.17, 15) is 4.79 Å². The molecule has 2 rings (SSSR count). The second kappa shape index (κ2) is 5.97. The van der Waals surface area contributed by atoms with Crippen molar-refractivity contribution in [2.45, 2.75) is 12.8 Å². The normalized spacial score (nSPS) is 16.9. The average molecular weight is 264 g/mol. The van der Waals surface area contributed by atoms with Gasteiger partial charge in [-0.25, -0.2) is 9.78 Å². The van der Waals surface area contributed by atoms with Crippen LogP contribution in [0, 0.1) is 5.92 Å². The Morgan fingerprint density at radius 1 is 1.42 bits per heavy atom. The Bertz CT molecular complexity index is 442. The fourth-order valence-corrected chi connectivity index (χ4v) is 2.47. The van der Waals surface area contributed by atoms with Crippen LogP contribution in [-0.2, 0) is 0 Å². The number of anilines is 1. The van der Waals surface area contributed by atoms with E-state index in [1.807, 2.05) is 0 Å². The average Bonchev–Trinajstić information content (AvgIpc) is 2.39. The number of hydrogen-bond acceptors (Lipinski definition) is 5. The first-order valence-electron chi connectivity index (χ1n) is 6.51. The van der Waals surface area contributed by atoms with E-state index in [0.717, 1.165) is 32.5 Å². The molecule has 1 fully saturated rings. The number of hydrogen-bond donors (Lipinski definition) is 1. The van der Waals surface area contributed by atoms with Gasteiger partial charge in [0.15, 0.2) is 5.69 Å². The first kappa shape index (κ1) is 13.7. The van der Waals surface area contributed by atoms with Crippen LogP contribution >= 0.6 is 0 Å². The third-order valence-electron chi connectivity index (χ3n) is 3.40. The summed E-state index contributed by atoms with van der Waals surface area (Å²) in [6.07, 6.45) is 5.14. The lowest BCUT2D eigenvalue weighted by atomic mass is 9.96. The maximum absolute atomic E-state index is 10.9. The van der Waals surface area contributed by atoms with Crippen LogP contribution in [0.3, 0.4) is 0 Å². The Morgan fingerprint density at radius 2 is 2.11 bits per heavy atom. The van der Waals surface area contributed by atoms with Crippen LogP contribution in [-0.4, -0.2) is 59.7 Å². The van der Waals surface area contributed by atoms with Gasteiger partial charge in [-0.15, -0.1) is 0 Å². The summed E-state index contributed by atoms with van der Waals surface area (Å²) in [5.41, 5.74) is 0.00733. The minimum Gasteiger partial charge on any atom is -0.476 e. The summed E-state index contributed by atoms with van der Waals surface area (Å²) in [7, 11) is 4.18. The summed E-state index contributed by atoms with van der Waals surface area (Å²) in [6, 6.07) is 0. The molecule has 1 aliphatic heterocycles. The van der Waals surface area contributed by atoms with Gasteiger partial charge < -0.3 is 14.9 Å². The minimum atomic E-state index is -1.03. The van der Waals surface area contributed by atoms with E-state index >= 15 is 0 Å². The van der Waals surface area contributed by atoms with Gasteiger partial charge in [0.05, 0.1) is 12.4 Å². The molecule has 104 valence electrons. The van der Waals surface area contributed by atoms with Crippen LogP contribution in [0.2, 0.25) is 0 Å². The van der Waals surface area contributed by atoms with E-state index in [1.54, 1.807) is 6.20 Å². The van der Waals surface area contributed by atoms with Crippen LogP contribution in [0.15, 0.2) is 12.4 Å². The number of carboxylic acid groups (broad SMARTS) is 1. The SMILES string of the molecule is CN(C)CC1CCN(c2cncc(C(=O)O)n2)CC1. The molecule has 2 heterocycles. The van der Waals surface area contributed by atoms with Crippen molar-refractivity contribution in [2.24, 2.45) is 5.92 Å². The van der Waals surface area contributed by atoms with Gasteiger partial charge in [-0.1, -0.05) is 0 Å². The molecule has 6 heteroatoms. The molecule has 1 N–H and O–H groups in total. The molecule has 0 amide bonds.